The molecule has 0 unspecified atom stereocenters. The Hall–Kier alpha value is -4.18. The minimum Gasteiger partial charge on any atom is -0.325 e. The smallest absolute Gasteiger partial charge is 0.244 e. The van der Waals surface area contributed by atoms with Gasteiger partial charge in [0.05, 0.1) is 17.5 Å². The van der Waals surface area contributed by atoms with Crippen LogP contribution in [0.4, 0.5) is 20.3 Å². The molecule has 1 spiro atoms. The number of pyridine rings is 1. The highest BCUT2D eigenvalue weighted by Gasteiger charge is 2.51. The number of aromatic nitrogens is 1. The molecule has 3 heterocycles. The maximum absolute atomic E-state index is 14.0. The molecule has 0 bridgehead atoms. The first-order chi connectivity index (χ1) is 18.8. The molecule has 3 aliphatic rings. The highest BCUT2D eigenvalue weighted by Crippen LogP contribution is 2.47. The molecule has 2 aliphatic heterocycles. The summed E-state index contributed by atoms with van der Waals surface area (Å²) in [6, 6.07) is 11.2. The van der Waals surface area contributed by atoms with Gasteiger partial charge >= 0.3 is 0 Å². The first kappa shape index (κ1) is 25.1. The fraction of sp³-hybridized carbons (Fsp3) is 0.310. The first-order valence-corrected chi connectivity index (χ1v) is 13.0. The highest BCUT2D eigenvalue weighted by atomic mass is 19.1. The van der Waals surface area contributed by atoms with Crippen LogP contribution < -0.4 is 16.0 Å². The lowest BCUT2D eigenvalue weighted by Crippen LogP contribution is -2.57. The Kier molecular flexibility index (Phi) is 6.14. The van der Waals surface area contributed by atoms with Gasteiger partial charge in [-0.2, -0.15) is 0 Å². The van der Waals surface area contributed by atoms with Crippen LogP contribution in [-0.4, -0.2) is 46.7 Å². The summed E-state index contributed by atoms with van der Waals surface area (Å²) in [6.45, 7) is 1.84. The van der Waals surface area contributed by atoms with Gasteiger partial charge in [-0.3, -0.25) is 14.4 Å². The largest absolute Gasteiger partial charge is 0.325 e. The number of carbonyl (C=O) groups is 3. The minimum absolute atomic E-state index is 0.0829. The number of halogens is 2. The fourth-order valence-electron chi connectivity index (χ4n) is 6.08. The molecular weight excluding hydrogens is 504 g/mol. The summed E-state index contributed by atoms with van der Waals surface area (Å²) < 4.78 is 27.9. The van der Waals surface area contributed by atoms with Crippen molar-refractivity contribution < 1.29 is 23.2 Å². The van der Waals surface area contributed by atoms with Crippen LogP contribution in [0.15, 0.2) is 54.7 Å². The molecule has 3 aromatic rings. The SMILES string of the molecule is CC[C@H]1NC[C@@H](c2cc(F)cc(F)c2)N(CC(=O)Nc2ccc3c(c2)C[C@@]2(C3)C(=O)Nc3ncccc32)C1=O. The molecule has 3 atom stereocenters. The maximum atomic E-state index is 14.0. The quantitative estimate of drug-likeness (QED) is 0.469. The van der Waals surface area contributed by atoms with Crippen LogP contribution >= 0.6 is 0 Å². The van der Waals surface area contributed by atoms with E-state index in [2.05, 4.69) is 20.9 Å². The van der Waals surface area contributed by atoms with Crippen LogP contribution in [0.25, 0.3) is 0 Å². The van der Waals surface area contributed by atoms with E-state index in [0.717, 1.165) is 22.8 Å². The monoisotopic (exact) mass is 531 g/mol. The average Bonchev–Trinajstić information content (AvgIpc) is 3.41. The number of amides is 3. The van der Waals surface area contributed by atoms with Gasteiger partial charge in [0.2, 0.25) is 17.7 Å². The number of nitrogens with one attached hydrogen (secondary N) is 3. The van der Waals surface area contributed by atoms with Crippen molar-refractivity contribution in [3.63, 3.8) is 0 Å². The molecule has 3 N–H and O–H groups in total. The van der Waals surface area contributed by atoms with Crippen LogP contribution in [-0.2, 0) is 32.6 Å². The molecule has 8 nitrogen and oxygen atoms in total. The third kappa shape index (κ3) is 4.34. The van der Waals surface area contributed by atoms with Crippen LogP contribution in [0.2, 0.25) is 0 Å². The van der Waals surface area contributed by atoms with Gasteiger partial charge in [-0.25, -0.2) is 13.8 Å². The summed E-state index contributed by atoms with van der Waals surface area (Å²) >= 11 is 0. The van der Waals surface area contributed by atoms with E-state index in [9.17, 15) is 23.2 Å². The number of fused-ring (bicyclic) bond motifs is 3. The van der Waals surface area contributed by atoms with E-state index in [4.69, 9.17) is 0 Å². The number of rotatable bonds is 5. The van der Waals surface area contributed by atoms with Crippen molar-refractivity contribution in [1.29, 1.82) is 0 Å². The molecule has 0 saturated carbocycles. The Morgan fingerprint density at radius 3 is 2.64 bits per heavy atom. The zero-order valence-corrected chi connectivity index (χ0v) is 21.3. The molecule has 3 amide bonds. The molecular formula is C29H27F2N5O3. The zero-order valence-electron chi connectivity index (χ0n) is 21.3. The van der Waals surface area contributed by atoms with Crippen molar-refractivity contribution >= 4 is 29.2 Å². The molecule has 200 valence electrons. The number of hydrogen-bond donors (Lipinski definition) is 3. The fourth-order valence-corrected chi connectivity index (χ4v) is 6.08. The van der Waals surface area contributed by atoms with Crippen LogP contribution in [0.1, 0.15) is 41.6 Å². The number of anilines is 2. The van der Waals surface area contributed by atoms with Crippen LogP contribution in [0.5, 0.6) is 0 Å². The predicted octanol–water partition coefficient (Wildman–Crippen LogP) is 3.24. The second-order valence-corrected chi connectivity index (χ2v) is 10.4. The van der Waals surface area contributed by atoms with Gasteiger partial charge in [0.15, 0.2) is 0 Å². The van der Waals surface area contributed by atoms with Crippen molar-refractivity contribution in [3.8, 4) is 0 Å². The van der Waals surface area contributed by atoms with E-state index in [1.165, 1.54) is 17.0 Å². The van der Waals surface area contributed by atoms with Gasteiger partial charge in [-0.15, -0.1) is 0 Å². The van der Waals surface area contributed by atoms with Crippen molar-refractivity contribution in [1.82, 2.24) is 15.2 Å². The summed E-state index contributed by atoms with van der Waals surface area (Å²) in [6.07, 6.45) is 3.19. The molecule has 6 rings (SSSR count). The van der Waals surface area contributed by atoms with Crippen molar-refractivity contribution in [2.45, 2.75) is 43.7 Å². The van der Waals surface area contributed by atoms with E-state index in [0.29, 0.717) is 30.8 Å². The Labute approximate surface area is 223 Å². The van der Waals surface area contributed by atoms with Crippen LogP contribution in [0.3, 0.4) is 0 Å². The van der Waals surface area contributed by atoms with E-state index < -0.39 is 35.0 Å². The number of hydrogen-bond acceptors (Lipinski definition) is 5. The normalized spacial score (nSPS) is 23.5. The van der Waals surface area contributed by atoms with Gasteiger partial charge in [-0.1, -0.05) is 19.1 Å². The van der Waals surface area contributed by atoms with E-state index in [1.54, 1.807) is 12.3 Å². The molecule has 1 aliphatic carbocycles. The highest BCUT2D eigenvalue weighted by molar-refractivity contribution is 6.06. The van der Waals surface area contributed by atoms with E-state index >= 15 is 0 Å². The van der Waals surface area contributed by atoms with Crippen molar-refractivity contribution in [2.75, 3.05) is 23.7 Å². The Balaban J connectivity index is 1.21. The standard InChI is InChI=1S/C29H27F2N5O3/c1-2-23-27(38)36(24(14-33-23)17-8-19(30)11-20(31)9-17)15-25(37)34-21-6-5-16-12-29(13-18(16)10-21)22-4-3-7-32-26(22)35-28(29)39/h3-11,23-24,33H,2,12-15H2,1H3,(H,34,37)(H,32,35,39)/t23-,24+,29-/m1/s1. The number of nitrogens with zero attached hydrogens (tertiary/aromatic N) is 2. The number of piperazine rings is 1. The van der Waals surface area contributed by atoms with Gasteiger partial charge in [0, 0.05) is 30.1 Å². The zero-order chi connectivity index (χ0) is 27.3. The maximum Gasteiger partial charge on any atom is 0.244 e. The lowest BCUT2D eigenvalue weighted by Gasteiger charge is -2.39. The summed E-state index contributed by atoms with van der Waals surface area (Å²) in [4.78, 5) is 45.0. The van der Waals surface area contributed by atoms with E-state index in [-0.39, 0.29) is 30.5 Å². The first-order valence-electron chi connectivity index (χ1n) is 13.0. The number of benzene rings is 2. The third-order valence-corrected chi connectivity index (χ3v) is 7.97. The summed E-state index contributed by atoms with van der Waals surface area (Å²) in [5.41, 5.74) is 2.96. The van der Waals surface area contributed by atoms with Gasteiger partial charge in [0.1, 0.15) is 24.0 Å². The molecule has 0 radical (unpaired) electrons. The topological polar surface area (TPSA) is 103 Å². The molecule has 1 aromatic heterocycles. The predicted molar refractivity (Wildman–Crippen MR) is 140 cm³/mol. The Morgan fingerprint density at radius 2 is 1.87 bits per heavy atom. The van der Waals surface area contributed by atoms with Crippen molar-refractivity contribution in [2.24, 2.45) is 0 Å². The second-order valence-electron chi connectivity index (χ2n) is 10.4. The second kappa shape index (κ2) is 9.53. The molecule has 1 fully saturated rings. The molecule has 1 saturated heterocycles. The average molecular weight is 532 g/mol. The Bertz CT molecular complexity index is 1490. The lowest BCUT2D eigenvalue weighted by molar-refractivity contribution is -0.142. The summed E-state index contributed by atoms with van der Waals surface area (Å²) in [5, 5.41) is 8.86. The van der Waals surface area contributed by atoms with Gasteiger partial charge < -0.3 is 20.9 Å². The molecule has 2 aromatic carbocycles. The minimum atomic E-state index is -0.746. The van der Waals surface area contributed by atoms with Crippen LogP contribution in [0, 0.1) is 11.6 Å². The van der Waals surface area contributed by atoms with E-state index in [1.807, 2.05) is 31.2 Å². The third-order valence-electron chi connectivity index (χ3n) is 7.97. The number of carbonyl (C=O) groups excluding carboxylic acids is 3. The van der Waals surface area contributed by atoms with Crippen molar-refractivity contribution in [3.05, 3.63) is 88.6 Å². The molecule has 39 heavy (non-hydrogen) atoms. The summed E-state index contributed by atoms with van der Waals surface area (Å²) in [7, 11) is 0. The Morgan fingerprint density at radius 1 is 1.10 bits per heavy atom. The lowest BCUT2D eigenvalue weighted by atomic mass is 9.79. The van der Waals surface area contributed by atoms with Gasteiger partial charge in [-0.05, 0) is 66.3 Å². The summed E-state index contributed by atoms with van der Waals surface area (Å²) in [5.74, 6) is -1.72. The molecule has 10 heteroatoms. The van der Waals surface area contributed by atoms with Gasteiger partial charge in [0.25, 0.3) is 0 Å².